The van der Waals surface area contributed by atoms with E-state index in [1.807, 2.05) is 48.5 Å². The van der Waals surface area contributed by atoms with Gasteiger partial charge in [0.1, 0.15) is 12.1 Å². The van der Waals surface area contributed by atoms with Gasteiger partial charge in [0.2, 0.25) is 0 Å². The highest BCUT2D eigenvalue weighted by Crippen LogP contribution is 2.70. The van der Waals surface area contributed by atoms with Crippen LogP contribution in [0, 0.1) is 18.3 Å². The standard InChI is InChI=1S/C24H26N2O/c1-15-20-19(14-18-21(20)24(18,2)3)26(25-15)22(16-10-6-4-7-11-16)23(27)17-12-8-5-9-13-17/h4-13,18,21-23,27H,14H2,1-3H3/t18-,21-,22+,23-/m1/s1. The smallest absolute Gasteiger partial charge is 0.107 e. The van der Waals surface area contributed by atoms with E-state index in [4.69, 9.17) is 5.10 Å². The molecule has 1 saturated carbocycles. The summed E-state index contributed by atoms with van der Waals surface area (Å²) < 4.78 is 2.12. The Morgan fingerprint density at radius 3 is 2.22 bits per heavy atom. The molecule has 4 atom stereocenters. The van der Waals surface area contributed by atoms with Crippen LogP contribution in [0.15, 0.2) is 60.7 Å². The largest absolute Gasteiger partial charge is 0.386 e. The predicted molar refractivity (Wildman–Crippen MR) is 107 cm³/mol. The van der Waals surface area contributed by atoms with Crippen LogP contribution in [0.4, 0.5) is 0 Å². The number of benzene rings is 2. The van der Waals surface area contributed by atoms with Gasteiger partial charge in [-0.05, 0) is 41.7 Å². The molecule has 0 spiro atoms. The molecule has 1 fully saturated rings. The monoisotopic (exact) mass is 358 g/mol. The van der Waals surface area contributed by atoms with Crippen molar-refractivity contribution < 1.29 is 5.11 Å². The molecule has 2 aliphatic carbocycles. The van der Waals surface area contributed by atoms with Gasteiger partial charge in [-0.15, -0.1) is 0 Å². The molecule has 3 aromatic rings. The Kier molecular flexibility index (Phi) is 3.60. The summed E-state index contributed by atoms with van der Waals surface area (Å²) in [6, 6.07) is 20.0. The van der Waals surface area contributed by atoms with E-state index in [0.717, 1.165) is 29.2 Å². The van der Waals surface area contributed by atoms with E-state index in [2.05, 4.69) is 37.6 Å². The molecule has 27 heavy (non-hydrogen) atoms. The van der Waals surface area contributed by atoms with E-state index in [1.165, 1.54) is 11.3 Å². The minimum absolute atomic E-state index is 0.211. The minimum Gasteiger partial charge on any atom is -0.386 e. The van der Waals surface area contributed by atoms with Crippen molar-refractivity contribution in [1.82, 2.24) is 9.78 Å². The zero-order chi connectivity index (χ0) is 18.8. The van der Waals surface area contributed by atoms with Crippen LogP contribution in [0.25, 0.3) is 0 Å². The third kappa shape index (κ3) is 2.41. The molecule has 1 heterocycles. The SMILES string of the molecule is Cc1nn([C@@H](c2ccccc2)[C@H](O)c2ccccc2)c2c1[C@H]1[C@@H](C2)C1(C)C. The van der Waals surface area contributed by atoms with E-state index >= 15 is 0 Å². The second-order valence-corrected chi connectivity index (χ2v) is 8.71. The molecule has 138 valence electrons. The van der Waals surface area contributed by atoms with E-state index in [-0.39, 0.29) is 6.04 Å². The van der Waals surface area contributed by atoms with Gasteiger partial charge < -0.3 is 5.11 Å². The number of nitrogens with zero attached hydrogens (tertiary/aromatic N) is 2. The van der Waals surface area contributed by atoms with Gasteiger partial charge in [0.15, 0.2) is 0 Å². The predicted octanol–water partition coefficient (Wildman–Crippen LogP) is 4.81. The van der Waals surface area contributed by atoms with Crippen molar-refractivity contribution in [3.63, 3.8) is 0 Å². The molecule has 0 amide bonds. The number of aromatic nitrogens is 2. The van der Waals surface area contributed by atoms with Crippen molar-refractivity contribution in [3.05, 3.63) is 88.7 Å². The van der Waals surface area contributed by atoms with E-state index in [0.29, 0.717) is 11.3 Å². The second-order valence-electron chi connectivity index (χ2n) is 8.71. The summed E-state index contributed by atoms with van der Waals surface area (Å²) in [5, 5.41) is 16.3. The first kappa shape index (κ1) is 16.8. The summed E-state index contributed by atoms with van der Waals surface area (Å²) in [5.74, 6) is 1.35. The lowest BCUT2D eigenvalue weighted by atomic mass is 9.94. The Hall–Kier alpha value is -2.39. The van der Waals surface area contributed by atoms with Gasteiger partial charge in [0, 0.05) is 11.3 Å². The Morgan fingerprint density at radius 1 is 1.00 bits per heavy atom. The van der Waals surface area contributed by atoms with Gasteiger partial charge in [0.25, 0.3) is 0 Å². The first-order valence-electron chi connectivity index (χ1n) is 9.86. The lowest BCUT2D eigenvalue weighted by Gasteiger charge is -2.26. The highest BCUT2D eigenvalue weighted by atomic mass is 16.3. The summed E-state index contributed by atoms with van der Waals surface area (Å²) in [6.45, 7) is 6.87. The summed E-state index contributed by atoms with van der Waals surface area (Å²) in [4.78, 5) is 0. The number of aliphatic hydroxyl groups excluding tert-OH is 1. The van der Waals surface area contributed by atoms with Crippen molar-refractivity contribution in [1.29, 1.82) is 0 Å². The first-order valence-corrected chi connectivity index (χ1v) is 9.86. The van der Waals surface area contributed by atoms with Crippen molar-refractivity contribution in [2.75, 3.05) is 0 Å². The van der Waals surface area contributed by atoms with E-state index < -0.39 is 6.10 Å². The normalized spacial score (nSPS) is 24.1. The third-order valence-corrected chi connectivity index (χ3v) is 6.85. The molecule has 3 nitrogen and oxygen atoms in total. The Labute approximate surface area is 160 Å². The quantitative estimate of drug-likeness (QED) is 0.727. The topological polar surface area (TPSA) is 38.0 Å². The maximum atomic E-state index is 11.3. The summed E-state index contributed by atoms with van der Waals surface area (Å²) in [7, 11) is 0. The van der Waals surface area contributed by atoms with Gasteiger partial charge in [-0.1, -0.05) is 74.5 Å². The number of aryl methyl sites for hydroxylation is 1. The maximum absolute atomic E-state index is 11.3. The number of aliphatic hydroxyl groups is 1. The number of hydrogen-bond donors (Lipinski definition) is 1. The lowest BCUT2D eigenvalue weighted by molar-refractivity contribution is 0.123. The molecule has 0 saturated heterocycles. The molecule has 1 N–H and O–H groups in total. The van der Waals surface area contributed by atoms with Crippen LogP contribution in [0.3, 0.4) is 0 Å². The van der Waals surface area contributed by atoms with Crippen molar-refractivity contribution in [2.45, 2.75) is 45.3 Å². The van der Waals surface area contributed by atoms with Crippen molar-refractivity contribution in [2.24, 2.45) is 11.3 Å². The van der Waals surface area contributed by atoms with Crippen LogP contribution in [-0.4, -0.2) is 14.9 Å². The molecular formula is C24H26N2O. The van der Waals surface area contributed by atoms with Crippen LogP contribution in [-0.2, 0) is 6.42 Å². The molecule has 2 aromatic carbocycles. The van der Waals surface area contributed by atoms with Gasteiger partial charge in [-0.2, -0.15) is 5.10 Å². The van der Waals surface area contributed by atoms with Gasteiger partial charge in [-0.25, -0.2) is 0 Å². The van der Waals surface area contributed by atoms with E-state index in [1.54, 1.807) is 0 Å². The molecule has 1 aromatic heterocycles. The molecular weight excluding hydrogens is 332 g/mol. The molecule has 5 rings (SSSR count). The van der Waals surface area contributed by atoms with Crippen LogP contribution in [0.1, 0.15) is 60.0 Å². The minimum atomic E-state index is -0.637. The molecule has 2 aliphatic rings. The average molecular weight is 358 g/mol. The Bertz CT molecular complexity index is 974. The van der Waals surface area contributed by atoms with Crippen molar-refractivity contribution >= 4 is 0 Å². The van der Waals surface area contributed by atoms with Gasteiger partial charge in [0.05, 0.1) is 5.69 Å². The zero-order valence-electron chi connectivity index (χ0n) is 16.1. The third-order valence-electron chi connectivity index (χ3n) is 6.85. The zero-order valence-corrected chi connectivity index (χ0v) is 16.1. The van der Waals surface area contributed by atoms with Crippen LogP contribution >= 0.6 is 0 Å². The molecule has 0 radical (unpaired) electrons. The van der Waals surface area contributed by atoms with Crippen molar-refractivity contribution in [3.8, 4) is 0 Å². The van der Waals surface area contributed by atoms with Gasteiger partial charge in [-0.3, -0.25) is 4.68 Å². The lowest BCUT2D eigenvalue weighted by Crippen LogP contribution is -2.23. The number of rotatable bonds is 4. The van der Waals surface area contributed by atoms with E-state index in [9.17, 15) is 5.11 Å². The fourth-order valence-electron chi connectivity index (χ4n) is 5.29. The fourth-order valence-corrected chi connectivity index (χ4v) is 5.29. The van der Waals surface area contributed by atoms with Crippen LogP contribution < -0.4 is 0 Å². The fraction of sp³-hybridized carbons (Fsp3) is 0.375. The van der Waals surface area contributed by atoms with Gasteiger partial charge >= 0.3 is 0 Å². The summed E-state index contributed by atoms with van der Waals surface area (Å²) in [6.07, 6.45) is 0.431. The number of fused-ring (bicyclic) bond motifs is 3. The first-order chi connectivity index (χ1) is 13.0. The molecule has 0 unspecified atom stereocenters. The maximum Gasteiger partial charge on any atom is 0.107 e. The second kappa shape index (κ2) is 5.80. The number of hydrogen-bond acceptors (Lipinski definition) is 2. The van der Waals surface area contributed by atoms with Crippen LogP contribution in [0.2, 0.25) is 0 Å². The average Bonchev–Trinajstić information content (AvgIpc) is 3.01. The van der Waals surface area contributed by atoms with Crippen LogP contribution in [0.5, 0.6) is 0 Å². The summed E-state index contributed by atoms with van der Waals surface area (Å²) >= 11 is 0. The Morgan fingerprint density at radius 2 is 1.59 bits per heavy atom. The molecule has 0 bridgehead atoms. The molecule has 3 heteroatoms. The highest BCUT2D eigenvalue weighted by molar-refractivity contribution is 5.46. The summed E-state index contributed by atoms with van der Waals surface area (Å²) in [5.41, 5.74) is 6.31. The Balaban J connectivity index is 1.63. The molecule has 0 aliphatic heterocycles. The highest BCUT2D eigenvalue weighted by Gasteiger charge is 2.64.